The second-order valence-corrected chi connectivity index (χ2v) is 2.52. The zero-order chi connectivity index (χ0) is 8.27. The zero-order valence-corrected chi connectivity index (χ0v) is 6.47. The average Bonchev–Trinajstić information content (AvgIpc) is 1.98. The fourth-order valence-electron chi connectivity index (χ4n) is 1.02. The predicted octanol–water partition coefficient (Wildman–Crippen LogP) is 2.48. The first-order valence-electron chi connectivity index (χ1n) is 3.71. The van der Waals surface area contributed by atoms with Crippen molar-refractivity contribution in [2.45, 2.75) is 19.8 Å². The Morgan fingerprint density at radius 2 is 2.18 bits per heavy atom. The van der Waals surface area contributed by atoms with Gasteiger partial charge >= 0.3 is 0 Å². The molecule has 1 aromatic rings. The zero-order valence-electron chi connectivity index (χ0n) is 6.47. The second-order valence-electron chi connectivity index (χ2n) is 2.52. The predicted molar refractivity (Wildman–Crippen MR) is 42.1 cm³/mol. The molecule has 60 valence electrons. The van der Waals surface area contributed by atoms with Crippen LogP contribution in [-0.4, -0.2) is 5.11 Å². The molecule has 1 rings (SSSR count). The number of rotatable bonds is 2. The van der Waals surface area contributed by atoms with Gasteiger partial charge in [0.2, 0.25) is 0 Å². The Morgan fingerprint density at radius 3 is 2.82 bits per heavy atom. The van der Waals surface area contributed by atoms with Crippen LogP contribution in [0.5, 0.6) is 5.75 Å². The number of halogens is 1. The van der Waals surface area contributed by atoms with Crippen molar-refractivity contribution in [1.29, 1.82) is 0 Å². The van der Waals surface area contributed by atoms with Gasteiger partial charge in [-0.3, -0.25) is 0 Å². The highest BCUT2D eigenvalue weighted by Crippen LogP contribution is 2.18. The van der Waals surface area contributed by atoms with Crippen molar-refractivity contribution in [3.8, 4) is 5.75 Å². The molecule has 0 heterocycles. The van der Waals surface area contributed by atoms with E-state index in [0.717, 1.165) is 12.8 Å². The summed E-state index contributed by atoms with van der Waals surface area (Å²) in [6.45, 7) is 1.99. The first-order chi connectivity index (χ1) is 5.24. The lowest BCUT2D eigenvalue weighted by molar-refractivity contribution is 0.465. The summed E-state index contributed by atoms with van der Waals surface area (Å²) in [5.41, 5.74) is 0.688. The molecule has 0 aliphatic heterocycles. The fraction of sp³-hybridized carbons (Fsp3) is 0.333. The lowest BCUT2D eigenvalue weighted by Gasteiger charge is -2.01. The summed E-state index contributed by atoms with van der Waals surface area (Å²) in [6, 6.07) is 4.02. The molecule has 0 saturated carbocycles. The fourth-order valence-corrected chi connectivity index (χ4v) is 1.02. The van der Waals surface area contributed by atoms with Crippen LogP contribution >= 0.6 is 0 Å². The van der Waals surface area contributed by atoms with E-state index >= 15 is 0 Å². The van der Waals surface area contributed by atoms with Gasteiger partial charge < -0.3 is 5.11 Å². The lowest BCUT2D eigenvalue weighted by atomic mass is 10.1. The number of aryl methyl sites for hydroxylation is 1. The standard InChI is InChI=1S/C9H11FO/c1-2-3-7-6-8(10)4-5-9(7)11/h4-6,11H,2-3H2,1H3. The van der Waals surface area contributed by atoms with Gasteiger partial charge in [0.25, 0.3) is 0 Å². The van der Waals surface area contributed by atoms with Gasteiger partial charge in [0, 0.05) is 0 Å². The van der Waals surface area contributed by atoms with E-state index in [9.17, 15) is 9.50 Å². The number of hydrogen-bond donors (Lipinski definition) is 1. The SMILES string of the molecule is CCCc1cc(F)ccc1O. The molecule has 0 saturated heterocycles. The molecule has 0 atom stereocenters. The Hall–Kier alpha value is -1.05. The summed E-state index contributed by atoms with van der Waals surface area (Å²) in [5, 5.41) is 9.20. The Bertz CT molecular complexity index is 245. The topological polar surface area (TPSA) is 20.2 Å². The first kappa shape index (κ1) is 8.05. The van der Waals surface area contributed by atoms with Gasteiger partial charge in [-0.1, -0.05) is 13.3 Å². The molecule has 1 nitrogen and oxygen atoms in total. The number of phenolic OH excluding ortho intramolecular Hbond substituents is 1. The van der Waals surface area contributed by atoms with Crippen LogP contribution in [0.15, 0.2) is 18.2 Å². The van der Waals surface area contributed by atoms with E-state index in [1.54, 1.807) is 0 Å². The van der Waals surface area contributed by atoms with E-state index in [1.807, 2.05) is 6.92 Å². The minimum absolute atomic E-state index is 0.188. The summed E-state index contributed by atoms with van der Waals surface area (Å²) in [4.78, 5) is 0. The van der Waals surface area contributed by atoms with E-state index in [-0.39, 0.29) is 11.6 Å². The second kappa shape index (κ2) is 3.37. The molecule has 0 bridgehead atoms. The Balaban J connectivity index is 2.93. The van der Waals surface area contributed by atoms with Crippen LogP contribution in [0.3, 0.4) is 0 Å². The van der Waals surface area contributed by atoms with Crippen LogP contribution in [0.2, 0.25) is 0 Å². The molecule has 1 aromatic carbocycles. The molecule has 11 heavy (non-hydrogen) atoms. The maximum atomic E-state index is 12.6. The smallest absolute Gasteiger partial charge is 0.123 e. The van der Waals surface area contributed by atoms with Gasteiger partial charge in [-0.2, -0.15) is 0 Å². The molecular weight excluding hydrogens is 143 g/mol. The summed E-state index contributed by atoms with van der Waals surface area (Å²) in [7, 11) is 0. The normalized spacial score (nSPS) is 10.0. The third-order valence-corrected chi connectivity index (χ3v) is 1.56. The number of phenols is 1. The van der Waals surface area contributed by atoms with Gasteiger partial charge in [-0.25, -0.2) is 4.39 Å². The minimum Gasteiger partial charge on any atom is -0.508 e. The number of benzene rings is 1. The van der Waals surface area contributed by atoms with Gasteiger partial charge in [0.15, 0.2) is 0 Å². The van der Waals surface area contributed by atoms with E-state index in [2.05, 4.69) is 0 Å². The highest BCUT2D eigenvalue weighted by atomic mass is 19.1. The average molecular weight is 154 g/mol. The quantitative estimate of drug-likeness (QED) is 0.693. The minimum atomic E-state index is -0.286. The summed E-state index contributed by atoms with van der Waals surface area (Å²) < 4.78 is 12.6. The number of hydrogen-bond acceptors (Lipinski definition) is 1. The highest BCUT2D eigenvalue weighted by molar-refractivity contribution is 5.32. The largest absolute Gasteiger partial charge is 0.508 e. The Morgan fingerprint density at radius 1 is 1.45 bits per heavy atom. The molecule has 0 spiro atoms. The summed E-state index contributed by atoms with van der Waals surface area (Å²) >= 11 is 0. The van der Waals surface area contributed by atoms with Crippen LogP contribution < -0.4 is 0 Å². The molecule has 0 aliphatic rings. The Labute approximate surface area is 65.5 Å². The monoisotopic (exact) mass is 154 g/mol. The van der Waals surface area contributed by atoms with Gasteiger partial charge in [0.1, 0.15) is 11.6 Å². The molecule has 0 amide bonds. The van der Waals surface area contributed by atoms with Crippen LogP contribution in [0.25, 0.3) is 0 Å². The van der Waals surface area contributed by atoms with Gasteiger partial charge in [0.05, 0.1) is 0 Å². The maximum absolute atomic E-state index is 12.6. The van der Waals surface area contributed by atoms with Crippen molar-refractivity contribution in [2.75, 3.05) is 0 Å². The molecule has 2 heteroatoms. The number of aromatic hydroxyl groups is 1. The third-order valence-electron chi connectivity index (χ3n) is 1.56. The van der Waals surface area contributed by atoms with Gasteiger partial charge in [-0.05, 0) is 30.2 Å². The Kier molecular flexibility index (Phi) is 2.47. The van der Waals surface area contributed by atoms with Crippen molar-refractivity contribution >= 4 is 0 Å². The van der Waals surface area contributed by atoms with Crippen LogP contribution in [-0.2, 0) is 6.42 Å². The molecule has 0 aromatic heterocycles. The maximum Gasteiger partial charge on any atom is 0.123 e. The lowest BCUT2D eigenvalue weighted by Crippen LogP contribution is -1.85. The molecule has 0 unspecified atom stereocenters. The molecule has 1 N–H and O–H groups in total. The van der Waals surface area contributed by atoms with Crippen LogP contribution in [0.1, 0.15) is 18.9 Å². The van der Waals surface area contributed by atoms with E-state index in [1.165, 1.54) is 18.2 Å². The first-order valence-corrected chi connectivity index (χ1v) is 3.71. The summed E-state index contributed by atoms with van der Waals surface area (Å²) in [5.74, 6) is -0.0977. The van der Waals surface area contributed by atoms with E-state index in [4.69, 9.17) is 0 Å². The molecular formula is C9H11FO. The summed E-state index contributed by atoms with van der Waals surface area (Å²) in [6.07, 6.45) is 1.64. The third kappa shape index (κ3) is 1.93. The molecule has 0 radical (unpaired) electrons. The van der Waals surface area contributed by atoms with Crippen molar-refractivity contribution in [3.05, 3.63) is 29.6 Å². The molecule has 0 aliphatic carbocycles. The van der Waals surface area contributed by atoms with E-state index < -0.39 is 0 Å². The van der Waals surface area contributed by atoms with Crippen molar-refractivity contribution in [1.82, 2.24) is 0 Å². The van der Waals surface area contributed by atoms with Crippen LogP contribution in [0.4, 0.5) is 4.39 Å². The van der Waals surface area contributed by atoms with Crippen molar-refractivity contribution in [3.63, 3.8) is 0 Å². The highest BCUT2D eigenvalue weighted by Gasteiger charge is 2.00. The van der Waals surface area contributed by atoms with E-state index in [0.29, 0.717) is 5.56 Å². The molecule has 0 fully saturated rings. The van der Waals surface area contributed by atoms with Crippen molar-refractivity contribution in [2.24, 2.45) is 0 Å². The van der Waals surface area contributed by atoms with Crippen molar-refractivity contribution < 1.29 is 9.50 Å². The van der Waals surface area contributed by atoms with Crippen LogP contribution in [0, 0.1) is 5.82 Å². The van der Waals surface area contributed by atoms with Gasteiger partial charge in [-0.15, -0.1) is 0 Å².